The number of ether oxygens (including phenoxy) is 1. The number of hydrogen-bond acceptors (Lipinski definition) is 5. The third-order valence-electron chi connectivity index (χ3n) is 4.36. The summed E-state index contributed by atoms with van der Waals surface area (Å²) in [4.78, 5) is 8.53. The van der Waals surface area contributed by atoms with E-state index in [1.807, 2.05) is 17.8 Å². The molecule has 0 spiro atoms. The molecule has 6 nitrogen and oxygen atoms in total. The van der Waals surface area contributed by atoms with Gasteiger partial charge in [-0.2, -0.15) is 0 Å². The first-order chi connectivity index (χ1) is 13.4. The molecule has 9 heteroatoms. The van der Waals surface area contributed by atoms with Crippen LogP contribution in [0.1, 0.15) is 18.6 Å². The molecule has 0 aliphatic carbocycles. The van der Waals surface area contributed by atoms with Gasteiger partial charge in [0.15, 0.2) is 11.4 Å². The number of anilines is 1. The number of pyridine rings is 1. The molecule has 28 heavy (non-hydrogen) atoms. The Labute approximate surface area is 169 Å². The molecular weight excluding hydrogens is 406 g/mol. The highest BCUT2D eigenvalue weighted by Gasteiger charge is 2.23. The zero-order chi connectivity index (χ0) is 20.0. The van der Waals surface area contributed by atoms with Gasteiger partial charge in [0, 0.05) is 35.6 Å². The van der Waals surface area contributed by atoms with Crippen LogP contribution in [0.25, 0.3) is 22.2 Å². The number of benzene rings is 1. The van der Waals surface area contributed by atoms with Crippen molar-refractivity contribution in [2.45, 2.75) is 13.0 Å². The van der Waals surface area contributed by atoms with E-state index in [0.29, 0.717) is 16.5 Å². The first-order valence-corrected chi connectivity index (χ1v) is 9.06. The van der Waals surface area contributed by atoms with E-state index in [4.69, 9.17) is 38.1 Å². The maximum atomic E-state index is 13.9. The summed E-state index contributed by atoms with van der Waals surface area (Å²) in [5.41, 5.74) is 8.21. The zero-order valence-electron chi connectivity index (χ0n) is 14.9. The lowest BCUT2D eigenvalue weighted by Gasteiger charge is -2.18. The minimum absolute atomic E-state index is 0.104. The summed E-state index contributed by atoms with van der Waals surface area (Å²) in [5, 5.41) is 0.866. The number of aryl methyl sites for hydroxylation is 1. The van der Waals surface area contributed by atoms with Gasteiger partial charge in [0.25, 0.3) is 0 Å². The van der Waals surface area contributed by atoms with Gasteiger partial charge in [0.2, 0.25) is 5.75 Å². The van der Waals surface area contributed by atoms with Crippen LogP contribution in [0, 0.1) is 5.82 Å². The van der Waals surface area contributed by atoms with Crippen LogP contribution in [0.4, 0.5) is 10.2 Å². The van der Waals surface area contributed by atoms with Crippen LogP contribution in [-0.2, 0) is 7.05 Å². The minimum atomic E-state index is -0.700. The molecule has 2 N–H and O–H groups in total. The Morgan fingerprint density at radius 1 is 1.29 bits per heavy atom. The topological polar surface area (TPSA) is 79.1 Å². The lowest BCUT2D eigenvalue weighted by Crippen LogP contribution is -2.08. The van der Waals surface area contributed by atoms with Crippen LogP contribution in [-0.4, -0.2) is 14.5 Å². The Bertz CT molecular complexity index is 1190. The van der Waals surface area contributed by atoms with Gasteiger partial charge in [0.1, 0.15) is 18.2 Å². The van der Waals surface area contributed by atoms with Crippen molar-refractivity contribution in [2.24, 2.45) is 7.05 Å². The average molecular weight is 421 g/mol. The van der Waals surface area contributed by atoms with Gasteiger partial charge in [-0.3, -0.25) is 0 Å². The van der Waals surface area contributed by atoms with E-state index in [1.165, 1.54) is 12.1 Å². The third kappa shape index (κ3) is 3.06. The van der Waals surface area contributed by atoms with E-state index in [2.05, 4.69) is 9.97 Å². The number of nitrogens with two attached hydrogens (primary N) is 1. The number of halogens is 3. The number of fused-ring (bicyclic) bond motifs is 1. The highest BCUT2D eigenvalue weighted by molar-refractivity contribution is 6.36. The Balaban J connectivity index is 1.78. The van der Waals surface area contributed by atoms with Gasteiger partial charge in [-0.1, -0.05) is 23.2 Å². The number of imidazole rings is 1. The molecule has 3 heterocycles. The van der Waals surface area contributed by atoms with Crippen molar-refractivity contribution in [1.29, 1.82) is 0 Å². The standard InChI is InChI=1S/C19H15Cl2FN4O2/c1-9(15-12(20)3-4-13(22)16(15)21)28-18-17-10(5-24-19(18)23)11(7-27-17)14-6-26(2)8-25-14/h3-9H,1-2H3,(H2,23,24)/t9-/m1/s1. The predicted octanol–water partition coefficient (Wildman–Crippen LogP) is 5.40. The van der Waals surface area contributed by atoms with Crippen LogP contribution in [0.15, 0.2) is 41.5 Å². The predicted molar refractivity (Wildman–Crippen MR) is 106 cm³/mol. The fourth-order valence-corrected chi connectivity index (χ4v) is 3.67. The number of rotatable bonds is 4. The van der Waals surface area contributed by atoms with E-state index >= 15 is 0 Å². The van der Waals surface area contributed by atoms with Gasteiger partial charge < -0.3 is 19.5 Å². The summed E-state index contributed by atoms with van der Waals surface area (Å²) >= 11 is 12.3. The second kappa shape index (κ2) is 7.00. The molecule has 0 aliphatic heterocycles. The van der Waals surface area contributed by atoms with Gasteiger partial charge in [-0.15, -0.1) is 0 Å². The van der Waals surface area contributed by atoms with Crippen LogP contribution in [0.2, 0.25) is 10.0 Å². The third-order valence-corrected chi connectivity index (χ3v) is 5.08. The van der Waals surface area contributed by atoms with E-state index in [9.17, 15) is 4.39 Å². The maximum absolute atomic E-state index is 13.9. The molecule has 1 atom stereocenters. The number of nitrogen functional groups attached to an aromatic ring is 1. The molecule has 0 amide bonds. The summed E-state index contributed by atoms with van der Waals surface area (Å²) in [6.07, 6.45) is 6.00. The number of aromatic nitrogens is 3. The molecule has 4 rings (SSSR count). The molecule has 4 aromatic rings. The normalized spacial score (nSPS) is 12.5. The molecule has 0 aliphatic rings. The van der Waals surface area contributed by atoms with Crippen LogP contribution < -0.4 is 10.5 Å². The second-order valence-corrected chi connectivity index (χ2v) is 7.09. The van der Waals surface area contributed by atoms with Gasteiger partial charge in [-0.05, 0) is 19.1 Å². The first-order valence-electron chi connectivity index (χ1n) is 8.31. The molecule has 0 radical (unpaired) electrons. The largest absolute Gasteiger partial charge is 0.478 e. The molecule has 1 aromatic carbocycles. The zero-order valence-corrected chi connectivity index (χ0v) is 16.4. The molecule has 0 saturated heterocycles. The quantitative estimate of drug-likeness (QED) is 0.447. The summed E-state index contributed by atoms with van der Waals surface area (Å²) in [6, 6.07) is 2.62. The number of furan rings is 1. The monoisotopic (exact) mass is 420 g/mol. The van der Waals surface area contributed by atoms with Crippen molar-refractivity contribution >= 4 is 40.0 Å². The first kappa shape index (κ1) is 18.6. The molecule has 0 unspecified atom stereocenters. The lowest BCUT2D eigenvalue weighted by atomic mass is 10.1. The van der Waals surface area contributed by atoms with Crippen molar-refractivity contribution in [3.05, 3.63) is 58.5 Å². The van der Waals surface area contributed by atoms with Crippen molar-refractivity contribution in [1.82, 2.24) is 14.5 Å². The van der Waals surface area contributed by atoms with Crippen molar-refractivity contribution < 1.29 is 13.5 Å². The SMILES string of the molecule is C[C@@H](Oc1c(N)ncc2c(-c3cn(C)cn3)coc12)c1c(Cl)ccc(F)c1Cl. The van der Waals surface area contributed by atoms with Crippen molar-refractivity contribution in [3.63, 3.8) is 0 Å². The molecule has 3 aromatic heterocycles. The number of nitrogens with zero attached hydrogens (tertiary/aromatic N) is 3. The van der Waals surface area contributed by atoms with Crippen molar-refractivity contribution in [3.8, 4) is 17.0 Å². The number of hydrogen-bond donors (Lipinski definition) is 1. The molecular formula is C19H15Cl2FN4O2. The van der Waals surface area contributed by atoms with Gasteiger partial charge in [0.05, 0.1) is 22.4 Å². The van der Waals surface area contributed by atoms with Gasteiger partial charge >= 0.3 is 0 Å². The summed E-state index contributed by atoms with van der Waals surface area (Å²) < 4.78 is 27.4. The Kier molecular flexibility index (Phi) is 4.64. The van der Waals surface area contributed by atoms with Crippen LogP contribution >= 0.6 is 23.2 Å². The molecule has 0 bridgehead atoms. The molecule has 144 valence electrons. The molecule has 0 fully saturated rings. The summed E-state index contributed by atoms with van der Waals surface area (Å²) in [7, 11) is 1.87. The average Bonchev–Trinajstić information content (AvgIpc) is 3.27. The van der Waals surface area contributed by atoms with E-state index in [0.717, 1.165) is 11.3 Å². The highest BCUT2D eigenvalue weighted by atomic mass is 35.5. The van der Waals surface area contributed by atoms with Crippen LogP contribution in [0.3, 0.4) is 0 Å². The van der Waals surface area contributed by atoms with Crippen molar-refractivity contribution in [2.75, 3.05) is 5.73 Å². The summed E-state index contributed by atoms with van der Waals surface area (Å²) in [5.74, 6) is -0.232. The maximum Gasteiger partial charge on any atom is 0.205 e. The fourth-order valence-electron chi connectivity index (χ4n) is 3.00. The Morgan fingerprint density at radius 2 is 2.07 bits per heavy atom. The lowest BCUT2D eigenvalue weighted by molar-refractivity contribution is 0.227. The fraction of sp³-hybridized carbons (Fsp3) is 0.158. The second-order valence-electron chi connectivity index (χ2n) is 6.31. The smallest absolute Gasteiger partial charge is 0.205 e. The van der Waals surface area contributed by atoms with Gasteiger partial charge in [-0.25, -0.2) is 14.4 Å². The van der Waals surface area contributed by atoms with E-state index < -0.39 is 11.9 Å². The summed E-state index contributed by atoms with van der Waals surface area (Å²) in [6.45, 7) is 1.69. The molecule has 0 saturated carbocycles. The van der Waals surface area contributed by atoms with E-state index in [-0.39, 0.29) is 21.6 Å². The van der Waals surface area contributed by atoms with Crippen LogP contribution in [0.5, 0.6) is 5.75 Å². The Hall–Kier alpha value is -2.77. The highest BCUT2D eigenvalue weighted by Crippen LogP contribution is 2.41. The Morgan fingerprint density at radius 3 is 2.79 bits per heavy atom. The van der Waals surface area contributed by atoms with E-state index in [1.54, 1.807) is 25.7 Å². The minimum Gasteiger partial charge on any atom is -0.478 e.